The highest BCUT2D eigenvalue weighted by Gasteiger charge is 2.23. The summed E-state index contributed by atoms with van der Waals surface area (Å²) in [6.45, 7) is 5.79. The molecule has 12 heteroatoms. The van der Waals surface area contributed by atoms with E-state index in [0.717, 1.165) is 12.4 Å². The van der Waals surface area contributed by atoms with Gasteiger partial charge in [0.05, 0.1) is 18.1 Å². The van der Waals surface area contributed by atoms with Crippen molar-refractivity contribution >= 4 is 11.6 Å². The van der Waals surface area contributed by atoms with Crippen molar-refractivity contribution in [2.24, 2.45) is 0 Å². The van der Waals surface area contributed by atoms with Crippen LogP contribution in [-0.2, 0) is 12.2 Å². The summed E-state index contributed by atoms with van der Waals surface area (Å²) in [6, 6.07) is 5.49. The molecule has 0 saturated heterocycles. The molecule has 3 heterocycles. The molecular formula is C25H21ClF3N5O3. The number of hydrogen-bond acceptors (Lipinski definition) is 7. The number of rotatable bonds is 6. The van der Waals surface area contributed by atoms with Crippen LogP contribution in [0.5, 0.6) is 5.88 Å². The molecule has 0 amide bonds. The van der Waals surface area contributed by atoms with Crippen LogP contribution >= 0.6 is 11.6 Å². The van der Waals surface area contributed by atoms with E-state index in [9.17, 15) is 23.1 Å². The summed E-state index contributed by atoms with van der Waals surface area (Å²) >= 11 is 6.25. The van der Waals surface area contributed by atoms with Gasteiger partial charge in [-0.2, -0.15) is 4.98 Å². The van der Waals surface area contributed by atoms with E-state index in [1.54, 1.807) is 25.1 Å². The first kappa shape index (κ1) is 26.2. The van der Waals surface area contributed by atoms with Crippen LogP contribution < -0.4 is 10.3 Å². The molecule has 192 valence electrons. The van der Waals surface area contributed by atoms with Crippen molar-refractivity contribution in [1.29, 1.82) is 0 Å². The first-order valence-electron chi connectivity index (χ1n) is 11.0. The van der Waals surface area contributed by atoms with E-state index in [0.29, 0.717) is 22.9 Å². The lowest BCUT2D eigenvalue weighted by Gasteiger charge is -2.18. The van der Waals surface area contributed by atoms with Gasteiger partial charge in [0.15, 0.2) is 22.5 Å². The minimum absolute atomic E-state index is 0.0256. The molecule has 0 spiro atoms. The lowest BCUT2D eigenvalue weighted by molar-refractivity contribution is 0.0686. The summed E-state index contributed by atoms with van der Waals surface area (Å²) in [5.74, 6) is -2.52. The first-order valence-corrected chi connectivity index (χ1v) is 11.3. The molecule has 0 aliphatic rings. The molecule has 4 rings (SSSR count). The van der Waals surface area contributed by atoms with Crippen LogP contribution in [0.1, 0.15) is 36.8 Å². The molecule has 4 aromatic rings. The van der Waals surface area contributed by atoms with Gasteiger partial charge in [0.1, 0.15) is 35.2 Å². The molecule has 37 heavy (non-hydrogen) atoms. The molecule has 0 atom stereocenters. The average molecular weight is 532 g/mol. The highest BCUT2D eigenvalue weighted by Crippen LogP contribution is 2.28. The first-order chi connectivity index (χ1) is 17.4. The molecule has 0 saturated carbocycles. The van der Waals surface area contributed by atoms with Gasteiger partial charge in [-0.1, -0.05) is 23.7 Å². The molecular weight excluding hydrogens is 511 g/mol. The van der Waals surface area contributed by atoms with Crippen LogP contribution in [0.4, 0.5) is 13.2 Å². The quantitative estimate of drug-likeness (QED) is 0.388. The number of aryl methyl sites for hydroxylation is 2. The Morgan fingerprint density at radius 2 is 1.78 bits per heavy atom. The fraction of sp³-hybridized carbons (Fsp3) is 0.240. The Labute approximate surface area is 214 Å². The van der Waals surface area contributed by atoms with E-state index in [1.807, 2.05) is 0 Å². The number of ether oxygens (including phenoxy) is 1. The molecule has 0 fully saturated rings. The van der Waals surface area contributed by atoms with Crippen LogP contribution in [0, 0.1) is 31.3 Å². The fourth-order valence-corrected chi connectivity index (χ4v) is 3.69. The Bertz CT molecular complexity index is 1570. The predicted octanol–water partition coefficient (Wildman–Crippen LogP) is 4.58. The van der Waals surface area contributed by atoms with E-state index in [4.69, 9.17) is 16.3 Å². The maximum Gasteiger partial charge on any atom is 0.280 e. The number of aromatic nitrogens is 5. The molecule has 1 N–H and O–H groups in total. The molecule has 0 aliphatic heterocycles. The van der Waals surface area contributed by atoms with Crippen LogP contribution in [-0.4, -0.2) is 29.6 Å². The Balaban J connectivity index is 1.75. The van der Waals surface area contributed by atoms with Gasteiger partial charge in [0, 0.05) is 11.6 Å². The van der Waals surface area contributed by atoms with Gasteiger partial charge < -0.3 is 9.84 Å². The van der Waals surface area contributed by atoms with E-state index in [-0.39, 0.29) is 33.9 Å². The molecule has 0 radical (unpaired) electrons. The Hall–Kier alpha value is -3.83. The number of halogens is 4. The van der Waals surface area contributed by atoms with Gasteiger partial charge >= 0.3 is 0 Å². The highest BCUT2D eigenvalue weighted by atomic mass is 35.5. The third-order valence-electron chi connectivity index (χ3n) is 5.41. The molecule has 0 bridgehead atoms. The summed E-state index contributed by atoms with van der Waals surface area (Å²) in [6.07, 6.45) is 1.80. The highest BCUT2D eigenvalue weighted by molar-refractivity contribution is 6.31. The Morgan fingerprint density at radius 3 is 2.46 bits per heavy atom. The fourth-order valence-electron chi connectivity index (χ4n) is 3.51. The van der Waals surface area contributed by atoms with Crippen molar-refractivity contribution in [3.8, 4) is 22.8 Å². The average Bonchev–Trinajstić information content (AvgIpc) is 2.82. The largest absolute Gasteiger partial charge is 0.470 e. The lowest BCUT2D eigenvalue weighted by atomic mass is 10.1. The van der Waals surface area contributed by atoms with Crippen molar-refractivity contribution in [3.05, 3.63) is 92.4 Å². The minimum Gasteiger partial charge on any atom is -0.470 e. The molecule has 0 aliphatic carbocycles. The van der Waals surface area contributed by atoms with Crippen molar-refractivity contribution in [2.75, 3.05) is 0 Å². The zero-order chi connectivity index (χ0) is 27.1. The third-order valence-corrected chi connectivity index (χ3v) is 5.73. The number of hydrogen-bond donors (Lipinski definition) is 1. The molecule has 1 aromatic carbocycles. The summed E-state index contributed by atoms with van der Waals surface area (Å²) in [7, 11) is 0. The Morgan fingerprint density at radius 1 is 1.05 bits per heavy atom. The zero-order valence-corrected chi connectivity index (χ0v) is 20.9. The topological polar surface area (TPSA) is 103 Å². The minimum atomic E-state index is -1.40. The van der Waals surface area contributed by atoms with Crippen molar-refractivity contribution in [1.82, 2.24) is 24.5 Å². The van der Waals surface area contributed by atoms with Crippen molar-refractivity contribution < 1.29 is 23.0 Å². The van der Waals surface area contributed by atoms with E-state index < -0.39 is 35.2 Å². The summed E-state index contributed by atoms with van der Waals surface area (Å²) in [5, 5.41) is 9.85. The number of aliphatic hydroxyl groups is 1. The lowest BCUT2D eigenvalue weighted by Crippen LogP contribution is -2.24. The summed E-state index contributed by atoms with van der Waals surface area (Å²) in [5.41, 5.74) is -1.01. The zero-order valence-electron chi connectivity index (χ0n) is 20.2. The van der Waals surface area contributed by atoms with Crippen LogP contribution in [0.25, 0.3) is 16.9 Å². The van der Waals surface area contributed by atoms with Gasteiger partial charge in [-0.25, -0.2) is 23.1 Å². The molecule has 3 aromatic heterocycles. The predicted molar refractivity (Wildman–Crippen MR) is 129 cm³/mol. The number of nitrogens with zero attached hydrogens (tertiary/aromatic N) is 5. The number of pyridine rings is 1. The number of benzene rings is 1. The summed E-state index contributed by atoms with van der Waals surface area (Å²) < 4.78 is 48.3. The van der Waals surface area contributed by atoms with Crippen LogP contribution in [0.2, 0.25) is 5.02 Å². The maximum absolute atomic E-state index is 14.7. The van der Waals surface area contributed by atoms with E-state index in [2.05, 4.69) is 19.9 Å². The van der Waals surface area contributed by atoms with E-state index in [1.165, 1.54) is 25.3 Å². The van der Waals surface area contributed by atoms with Gasteiger partial charge in [-0.15, -0.1) is 0 Å². The molecule has 0 unspecified atom stereocenters. The third kappa shape index (κ3) is 5.32. The SMILES string of the molecule is Cc1ccc(-c2nc(C(C)(C)O)ncc2F)cc1-n1c(C)nc(OCc2ncc(F)cc2F)c(Cl)c1=O. The second kappa shape index (κ2) is 9.91. The second-order valence-electron chi connectivity index (χ2n) is 8.74. The van der Waals surface area contributed by atoms with Gasteiger partial charge in [0.2, 0.25) is 5.88 Å². The summed E-state index contributed by atoms with van der Waals surface area (Å²) in [4.78, 5) is 29.1. The van der Waals surface area contributed by atoms with Crippen LogP contribution in [0.15, 0.2) is 41.5 Å². The van der Waals surface area contributed by atoms with E-state index >= 15 is 0 Å². The molecule has 8 nitrogen and oxygen atoms in total. The smallest absolute Gasteiger partial charge is 0.280 e. The van der Waals surface area contributed by atoms with Crippen molar-refractivity contribution in [3.63, 3.8) is 0 Å². The van der Waals surface area contributed by atoms with Gasteiger partial charge in [-0.3, -0.25) is 14.3 Å². The van der Waals surface area contributed by atoms with Crippen molar-refractivity contribution in [2.45, 2.75) is 39.9 Å². The standard InChI is InChI=1S/C25H21ClF3N5O3/c1-12-5-6-14(21-17(29)10-31-24(33-21)25(3,4)36)7-19(12)34-13(2)32-22(20(26)23(34)35)37-11-18-16(28)8-15(27)9-30-18/h5-10,36H,11H2,1-4H3. The van der Waals surface area contributed by atoms with Gasteiger partial charge in [-0.05, 0) is 39.3 Å². The Kier molecular flexibility index (Phi) is 7.03. The van der Waals surface area contributed by atoms with Crippen LogP contribution in [0.3, 0.4) is 0 Å². The van der Waals surface area contributed by atoms with Gasteiger partial charge in [0.25, 0.3) is 5.56 Å². The normalized spacial score (nSPS) is 11.6. The maximum atomic E-state index is 14.7. The second-order valence-corrected chi connectivity index (χ2v) is 9.12. The monoisotopic (exact) mass is 531 g/mol.